The van der Waals surface area contributed by atoms with Gasteiger partial charge in [-0.2, -0.15) is 0 Å². The molecule has 1 unspecified atom stereocenters. The molecule has 0 bridgehead atoms. The number of hydrogen-bond donors (Lipinski definition) is 1. The van der Waals surface area contributed by atoms with Gasteiger partial charge in [0, 0.05) is 25.7 Å². The molecular weight excluding hydrogens is 232 g/mol. The molecule has 1 atom stereocenters. The van der Waals surface area contributed by atoms with Crippen LogP contribution in [0.5, 0.6) is 0 Å². The highest BCUT2D eigenvalue weighted by Crippen LogP contribution is 2.30. The fraction of sp³-hybridized carbons (Fsp3) is 0.571. The van der Waals surface area contributed by atoms with Gasteiger partial charge in [0.05, 0.1) is 10.7 Å². The third kappa shape index (κ3) is 2.75. The molecule has 2 nitrogen and oxygen atoms in total. The molecule has 0 aliphatic carbocycles. The first-order valence-corrected chi connectivity index (χ1v) is 6.71. The summed E-state index contributed by atoms with van der Waals surface area (Å²) in [4.78, 5) is 2.45. The van der Waals surface area contributed by atoms with Crippen molar-refractivity contribution in [2.45, 2.75) is 26.8 Å². The molecule has 1 aromatic rings. The van der Waals surface area contributed by atoms with Crippen molar-refractivity contribution in [3.8, 4) is 0 Å². The van der Waals surface area contributed by atoms with Crippen LogP contribution in [-0.4, -0.2) is 25.7 Å². The Morgan fingerprint density at radius 3 is 2.82 bits per heavy atom. The quantitative estimate of drug-likeness (QED) is 0.870. The van der Waals surface area contributed by atoms with Crippen LogP contribution in [0.25, 0.3) is 0 Å². The standard InChI is InChI=1S/C14H21ClN2/c1-10(2)14-9-16-6-7-17(14)13-5-4-11(3)8-12(13)15/h4-5,8,10,14,16H,6-7,9H2,1-3H3. The fourth-order valence-corrected chi connectivity index (χ4v) is 2.81. The molecule has 94 valence electrons. The van der Waals surface area contributed by atoms with E-state index in [9.17, 15) is 0 Å². The molecule has 1 aromatic carbocycles. The SMILES string of the molecule is Cc1ccc(N2CCNCC2C(C)C)c(Cl)c1. The second-order valence-electron chi connectivity index (χ2n) is 5.16. The van der Waals surface area contributed by atoms with Gasteiger partial charge in [-0.05, 0) is 30.5 Å². The number of nitrogens with one attached hydrogen (secondary N) is 1. The van der Waals surface area contributed by atoms with Crippen LogP contribution in [0.2, 0.25) is 5.02 Å². The summed E-state index contributed by atoms with van der Waals surface area (Å²) in [6.07, 6.45) is 0. The van der Waals surface area contributed by atoms with E-state index in [0.717, 1.165) is 24.7 Å². The minimum Gasteiger partial charge on any atom is -0.365 e. The van der Waals surface area contributed by atoms with E-state index in [1.165, 1.54) is 11.3 Å². The third-order valence-electron chi connectivity index (χ3n) is 3.47. The van der Waals surface area contributed by atoms with Crippen LogP contribution in [0.4, 0.5) is 5.69 Å². The Bertz CT molecular complexity index is 390. The molecule has 0 saturated carbocycles. The first kappa shape index (κ1) is 12.7. The monoisotopic (exact) mass is 252 g/mol. The lowest BCUT2D eigenvalue weighted by Gasteiger charge is -2.40. The Morgan fingerprint density at radius 1 is 1.41 bits per heavy atom. The topological polar surface area (TPSA) is 15.3 Å². The number of anilines is 1. The lowest BCUT2D eigenvalue weighted by molar-refractivity contribution is 0.390. The van der Waals surface area contributed by atoms with Crippen LogP contribution in [0.1, 0.15) is 19.4 Å². The summed E-state index contributed by atoms with van der Waals surface area (Å²) in [6.45, 7) is 9.73. The molecule has 1 fully saturated rings. The predicted octanol–water partition coefficient (Wildman–Crippen LogP) is 3.08. The summed E-state index contributed by atoms with van der Waals surface area (Å²) < 4.78 is 0. The minimum atomic E-state index is 0.531. The van der Waals surface area contributed by atoms with E-state index in [1.807, 2.05) is 0 Å². The average Bonchev–Trinajstić information content (AvgIpc) is 2.29. The highest BCUT2D eigenvalue weighted by molar-refractivity contribution is 6.33. The highest BCUT2D eigenvalue weighted by atomic mass is 35.5. The van der Waals surface area contributed by atoms with Crippen molar-refractivity contribution >= 4 is 17.3 Å². The molecule has 0 spiro atoms. The largest absolute Gasteiger partial charge is 0.365 e. The van der Waals surface area contributed by atoms with Gasteiger partial charge in [0.25, 0.3) is 0 Å². The van der Waals surface area contributed by atoms with E-state index in [1.54, 1.807) is 0 Å². The zero-order valence-corrected chi connectivity index (χ0v) is 11.6. The first-order chi connectivity index (χ1) is 8.09. The third-order valence-corrected chi connectivity index (χ3v) is 3.77. The van der Waals surface area contributed by atoms with Gasteiger partial charge in [-0.15, -0.1) is 0 Å². The number of rotatable bonds is 2. The molecule has 0 aromatic heterocycles. The number of halogens is 1. The van der Waals surface area contributed by atoms with E-state index >= 15 is 0 Å². The van der Waals surface area contributed by atoms with Crippen molar-refractivity contribution in [3.05, 3.63) is 28.8 Å². The second kappa shape index (κ2) is 5.28. The van der Waals surface area contributed by atoms with E-state index in [4.69, 9.17) is 11.6 Å². The molecule has 17 heavy (non-hydrogen) atoms. The Balaban J connectivity index is 2.29. The summed E-state index contributed by atoms with van der Waals surface area (Å²) in [7, 11) is 0. The summed E-state index contributed by atoms with van der Waals surface area (Å²) in [6, 6.07) is 6.87. The molecule has 3 heteroatoms. The Morgan fingerprint density at radius 2 is 2.18 bits per heavy atom. The van der Waals surface area contributed by atoms with Crippen LogP contribution in [0.3, 0.4) is 0 Å². The minimum absolute atomic E-state index is 0.531. The predicted molar refractivity (Wildman–Crippen MR) is 75.0 cm³/mol. The van der Waals surface area contributed by atoms with Crippen LogP contribution in [0, 0.1) is 12.8 Å². The van der Waals surface area contributed by atoms with E-state index < -0.39 is 0 Å². The van der Waals surface area contributed by atoms with Gasteiger partial charge in [0.1, 0.15) is 0 Å². The van der Waals surface area contributed by atoms with Gasteiger partial charge in [0.2, 0.25) is 0 Å². The molecule has 1 saturated heterocycles. The maximum atomic E-state index is 6.37. The van der Waals surface area contributed by atoms with Crippen LogP contribution < -0.4 is 10.2 Å². The van der Waals surface area contributed by atoms with Crippen molar-refractivity contribution in [2.24, 2.45) is 5.92 Å². The zero-order valence-electron chi connectivity index (χ0n) is 10.8. The smallest absolute Gasteiger partial charge is 0.0642 e. The van der Waals surface area contributed by atoms with Crippen molar-refractivity contribution in [1.82, 2.24) is 5.32 Å². The molecule has 1 N–H and O–H groups in total. The van der Waals surface area contributed by atoms with E-state index in [0.29, 0.717) is 12.0 Å². The van der Waals surface area contributed by atoms with Crippen molar-refractivity contribution < 1.29 is 0 Å². The maximum absolute atomic E-state index is 6.37. The molecule has 2 rings (SSSR count). The summed E-state index contributed by atoms with van der Waals surface area (Å²) in [5, 5.41) is 4.33. The molecular formula is C14H21ClN2. The lowest BCUT2D eigenvalue weighted by Crippen LogP contribution is -2.53. The van der Waals surface area contributed by atoms with Gasteiger partial charge in [-0.25, -0.2) is 0 Å². The zero-order chi connectivity index (χ0) is 12.4. The summed E-state index contributed by atoms with van der Waals surface area (Å²) >= 11 is 6.37. The average molecular weight is 253 g/mol. The lowest BCUT2D eigenvalue weighted by atomic mass is 9.99. The number of benzene rings is 1. The molecule has 1 aliphatic rings. The van der Waals surface area contributed by atoms with E-state index in [-0.39, 0.29) is 0 Å². The second-order valence-corrected chi connectivity index (χ2v) is 5.57. The summed E-state index contributed by atoms with van der Waals surface area (Å²) in [5.41, 5.74) is 2.40. The number of hydrogen-bond acceptors (Lipinski definition) is 2. The van der Waals surface area contributed by atoms with Crippen molar-refractivity contribution in [3.63, 3.8) is 0 Å². The Labute approximate surface area is 109 Å². The summed E-state index contributed by atoms with van der Waals surface area (Å²) in [5.74, 6) is 0.625. The Kier molecular flexibility index (Phi) is 3.95. The molecule has 0 radical (unpaired) electrons. The molecule has 1 heterocycles. The van der Waals surface area contributed by atoms with Crippen LogP contribution in [-0.2, 0) is 0 Å². The highest BCUT2D eigenvalue weighted by Gasteiger charge is 2.26. The molecule has 0 amide bonds. The number of nitrogens with zero attached hydrogens (tertiary/aromatic N) is 1. The van der Waals surface area contributed by atoms with Crippen molar-refractivity contribution in [1.29, 1.82) is 0 Å². The van der Waals surface area contributed by atoms with Gasteiger partial charge in [-0.1, -0.05) is 31.5 Å². The van der Waals surface area contributed by atoms with Crippen LogP contribution >= 0.6 is 11.6 Å². The van der Waals surface area contributed by atoms with Gasteiger partial charge >= 0.3 is 0 Å². The van der Waals surface area contributed by atoms with E-state index in [2.05, 4.69) is 49.2 Å². The Hall–Kier alpha value is -0.730. The van der Waals surface area contributed by atoms with Crippen molar-refractivity contribution in [2.75, 3.05) is 24.5 Å². The van der Waals surface area contributed by atoms with Gasteiger partial charge < -0.3 is 10.2 Å². The first-order valence-electron chi connectivity index (χ1n) is 6.33. The fourth-order valence-electron chi connectivity index (χ4n) is 2.47. The number of aryl methyl sites for hydroxylation is 1. The maximum Gasteiger partial charge on any atom is 0.0642 e. The normalized spacial score (nSPS) is 21.0. The number of piperazine rings is 1. The van der Waals surface area contributed by atoms with Crippen LogP contribution in [0.15, 0.2) is 18.2 Å². The van der Waals surface area contributed by atoms with Gasteiger partial charge in [-0.3, -0.25) is 0 Å². The van der Waals surface area contributed by atoms with Gasteiger partial charge in [0.15, 0.2) is 0 Å². The molecule has 1 aliphatic heterocycles.